The van der Waals surface area contributed by atoms with Crippen LogP contribution < -0.4 is 10.6 Å². The number of nitrogens with zero attached hydrogens (tertiary/aromatic N) is 1. The Morgan fingerprint density at radius 1 is 1.15 bits per heavy atom. The molecule has 2 amide bonds. The molecule has 1 heterocycles. The normalized spacial score (nSPS) is 16.0. The van der Waals surface area contributed by atoms with Gasteiger partial charge in [-0.2, -0.15) is 0 Å². The molecule has 0 aliphatic carbocycles. The zero-order valence-electron chi connectivity index (χ0n) is 14.6. The fraction of sp³-hybridized carbons (Fsp3) is 0.316. The number of halogens is 3. The Labute approximate surface area is 167 Å². The van der Waals surface area contributed by atoms with Gasteiger partial charge in [-0.05, 0) is 35.9 Å². The summed E-state index contributed by atoms with van der Waals surface area (Å²) in [6, 6.07) is 10.7. The lowest BCUT2D eigenvalue weighted by Crippen LogP contribution is -2.44. The van der Waals surface area contributed by atoms with E-state index in [-0.39, 0.29) is 17.9 Å². The largest absolute Gasteiger partial charge is 0.379 e. The highest BCUT2D eigenvalue weighted by Gasteiger charge is 2.23. The standard InChI is InChI=1S/C19H20Cl2FN3O2/c20-14-3-6-16(21)17(11-14)24-19(26)23-12-18(25-7-9-27-10-8-25)13-1-4-15(22)5-2-13/h1-6,11,18H,7-10,12H2,(H2,23,24,26). The monoisotopic (exact) mass is 411 g/mol. The molecule has 0 bridgehead atoms. The Bertz CT molecular complexity index is 783. The SMILES string of the molecule is O=C(NCC(c1ccc(F)cc1)N1CCOCC1)Nc1cc(Cl)ccc1Cl. The van der Waals surface area contributed by atoms with E-state index in [0.717, 1.165) is 18.7 Å². The summed E-state index contributed by atoms with van der Waals surface area (Å²) in [7, 11) is 0. The second kappa shape index (κ2) is 9.37. The van der Waals surface area contributed by atoms with Gasteiger partial charge in [-0.1, -0.05) is 35.3 Å². The predicted molar refractivity (Wildman–Crippen MR) is 105 cm³/mol. The van der Waals surface area contributed by atoms with Crippen molar-refractivity contribution in [2.24, 2.45) is 0 Å². The number of amides is 2. The minimum Gasteiger partial charge on any atom is -0.379 e. The van der Waals surface area contributed by atoms with Crippen molar-refractivity contribution < 1.29 is 13.9 Å². The van der Waals surface area contributed by atoms with Crippen LogP contribution in [0.2, 0.25) is 10.0 Å². The van der Waals surface area contributed by atoms with Gasteiger partial charge in [-0.25, -0.2) is 9.18 Å². The smallest absolute Gasteiger partial charge is 0.319 e. The van der Waals surface area contributed by atoms with Gasteiger partial charge in [-0.15, -0.1) is 0 Å². The van der Waals surface area contributed by atoms with E-state index in [4.69, 9.17) is 27.9 Å². The van der Waals surface area contributed by atoms with Crippen LogP contribution in [0.4, 0.5) is 14.9 Å². The van der Waals surface area contributed by atoms with E-state index in [1.54, 1.807) is 30.3 Å². The molecule has 1 aliphatic heterocycles. The summed E-state index contributed by atoms with van der Waals surface area (Å²) in [5.41, 5.74) is 1.37. The fourth-order valence-electron chi connectivity index (χ4n) is 2.98. The van der Waals surface area contributed by atoms with Crippen LogP contribution in [0.3, 0.4) is 0 Å². The minimum atomic E-state index is -0.389. The molecule has 1 aliphatic rings. The van der Waals surface area contributed by atoms with Gasteiger partial charge < -0.3 is 15.4 Å². The highest BCUT2D eigenvalue weighted by atomic mass is 35.5. The van der Waals surface area contributed by atoms with E-state index < -0.39 is 0 Å². The first kappa shape index (κ1) is 19.9. The molecule has 3 rings (SSSR count). The lowest BCUT2D eigenvalue weighted by molar-refractivity contribution is 0.0167. The number of rotatable bonds is 5. The van der Waals surface area contributed by atoms with Crippen LogP contribution in [0.5, 0.6) is 0 Å². The Morgan fingerprint density at radius 3 is 2.56 bits per heavy atom. The van der Waals surface area contributed by atoms with Crippen molar-refractivity contribution in [2.75, 3.05) is 38.2 Å². The first-order chi connectivity index (χ1) is 13.0. The second-order valence-corrected chi connectivity index (χ2v) is 7.02. The zero-order chi connectivity index (χ0) is 19.2. The third kappa shape index (κ3) is 5.56. The third-order valence-electron chi connectivity index (χ3n) is 4.37. The fourth-order valence-corrected chi connectivity index (χ4v) is 3.32. The number of benzene rings is 2. The summed E-state index contributed by atoms with van der Waals surface area (Å²) in [4.78, 5) is 14.5. The number of anilines is 1. The molecule has 2 aromatic rings. The number of hydrogen-bond acceptors (Lipinski definition) is 3. The van der Waals surface area contributed by atoms with Crippen LogP contribution in [-0.2, 0) is 4.74 Å². The lowest BCUT2D eigenvalue weighted by atomic mass is 10.0. The zero-order valence-corrected chi connectivity index (χ0v) is 16.1. The molecule has 1 fully saturated rings. The van der Waals surface area contributed by atoms with Crippen molar-refractivity contribution in [2.45, 2.75) is 6.04 Å². The molecule has 144 valence electrons. The van der Waals surface area contributed by atoms with Crippen LogP contribution in [0.25, 0.3) is 0 Å². The topological polar surface area (TPSA) is 53.6 Å². The van der Waals surface area contributed by atoms with Gasteiger partial charge in [0.2, 0.25) is 0 Å². The maximum Gasteiger partial charge on any atom is 0.319 e. The van der Waals surface area contributed by atoms with Crippen molar-refractivity contribution in [1.82, 2.24) is 10.2 Å². The van der Waals surface area contributed by atoms with Gasteiger partial charge in [0.15, 0.2) is 0 Å². The molecule has 0 saturated carbocycles. The van der Waals surface area contributed by atoms with Crippen molar-refractivity contribution >= 4 is 34.9 Å². The summed E-state index contributed by atoms with van der Waals surface area (Å²) in [5.74, 6) is -0.291. The highest BCUT2D eigenvalue weighted by Crippen LogP contribution is 2.25. The van der Waals surface area contributed by atoms with E-state index in [2.05, 4.69) is 15.5 Å². The van der Waals surface area contributed by atoms with E-state index in [1.807, 2.05) is 0 Å². The predicted octanol–water partition coefficient (Wildman–Crippen LogP) is 4.33. The van der Waals surface area contributed by atoms with Crippen LogP contribution in [0.1, 0.15) is 11.6 Å². The Balaban J connectivity index is 1.67. The number of ether oxygens (including phenoxy) is 1. The summed E-state index contributed by atoms with van der Waals surface area (Å²) in [6.07, 6.45) is 0. The first-order valence-electron chi connectivity index (χ1n) is 8.60. The average Bonchev–Trinajstić information content (AvgIpc) is 2.67. The average molecular weight is 412 g/mol. The van der Waals surface area contributed by atoms with Gasteiger partial charge in [0.1, 0.15) is 5.82 Å². The van der Waals surface area contributed by atoms with Crippen LogP contribution in [-0.4, -0.2) is 43.8 Å². The van der Waals surface area contributed by atoms with E-state index >= 15 is 0 Å². The van der Waals surface area contributed by atoms with E-state index in [0.29, 0.717) is 35.5 Å². The van der Waals surface area contributed by atoms with Crippen LogP contribution in [0.15, 0.2) is 42.5 Å². The quantitative estimate of drug-likeness (QED) is 0.769. The number of carbonyl (C=O) groups is 1. The number of urea groups is 1. The molecule has 1 unspecified atom stereocenters. The van der Waals surface area contributed by atoms with Gasteiger partial charge in [-0.3, -0.25) is 4.90 Å². The molecule has 2 aromatic carbocycles. The first-order valence-corrected chi connectivity index (χ1v) is 9.35. The minimum absolute atomic E-state index is 0.0879. The van der Waals surface area contributed by atoms with Crippen molar-refractivity contribution in [3.8, 4) is 0 Å². The lowest BCUT2D eigenvalue weighted by Gasteiger charge is -2.35. The molecule has 27 heavy (non-hydrogen) atoms. The number of morpholine rings is 1. The molecule has 8 heteroatoms. The van der Waals surface area contributed by atoms with Gasteiger partial charge in [0, 0.05) is 24.7 Å². The van der Waals surface area contributed by atoms with E-state index in [9.17, 15) is 9.18 Å². The summed E-state index contributed by atoms with van der Waals surface area (Å²) >= 11 is 12.0. The van der Waals surface area contributed by atoms with Gasteiger partial charge >= 0.3 is 6.03 Å². The second-order valence-electron chi connectivity index (χ2n) is 6.17. The summed E-state index contributed by atoms with van der Waals surface area (Å²) in [6.45, 7) is 3.09. The Hall–Kier alpha value is -1.86. The molecule has 5 nitrogen and oxygen atoms in total. The third-order valence-corrected chi connectivity index (χ3v) is 4.94. The molecular formula is C19H20Cl2FN3O2. The van der Waals surface area contributed by atoms with Crippen LogP contribution in [0, 0.1) is 5.82 Å². The molecule has 1 saturated heterocycles. The summed E-state index contributed by atoms with van der Waals surface area (Å²) < 4.78 is 18.7. The van der Waals surface area contributed by atoms with Gasteiger partial charge in [0.25, 0.3) is 0 Å². The molecule has 1 atom stereocenters. The summed E-state index contributed by atoms with van der Waals surface area (Å²) in [5, 5.41) is 6.44. The number of hydrogen-bond donors (Lipinski definition) is 2. The van der Waals surface area contributed by atoms with Crippen molar-refractivity contribution in [3.05, 3.63) is 63.9 Å². The maximum atomic E-state index is 13.3. The van der Waals surface area contributed by atoms with Crippen molar-refractivity contribution in [1.29, 1.82) is 0 Å². The molecular weight excluding hydrogens is 392 g/mol. The highest BCUT2D eigenvalue weighted by molar-refractivity contribution is 6.35. The maximum absolute atomic E-state index is 13.3. The molecule has 0 spiro atoms. The van der Waals surface area contributed by atoms with Crippen molar-refractivity contribution in [3.63, 3.8) is 0 Å². The number of nitrogens with one attached hydrogen (secondary N) is 2. The van der Waals surface area contributed by atoms with Crippen LogP contribution >= 0.6 is 23.2 Å². The molecule has 0 aromatic heterocycles. The Kier molecular flexibility index (Phi) is 6.90. The Morgan fingerprint density at radius 2 is 1.85 bits per heavy atom. The van der Waals surface area contributed by atoms with E-state index in [1.165, 1.54) is 12.1 Å². The molecule has 2 N–H and O–H groups in total. The van der Waals surface area contributed by atoms with Gasteiger partial charge in [0.05, 0.1) is 30.0 Å². The molecule has 0 radical (unpaired) electrons. The number of carbonyl (C=O) groups excluding carboxylic acids is 1.